The zero-order chi connectivity index (χ0) is 10.5. The molecular weight excluding hydrogens is 190 g/mol. The van der Waals surface area contributed by atoms with Crippen LogP contribution in [0.5, 0.6) is 0 Å². The van der Waals surface area contributed by atoms with Crippen molar-refractivity contribution in [1.29, 1.82) is 0 Å². The van der Waals surface area contributed by atoms with Crippen LogP contribution in [0, 0.1) is 0 Å². The molecule has 1 aromatic heterocycles. The molecule has 0 saturated carbocycles. The maximum absolute atomic E-state index is 4.94. The van der Waals surface area contributed by atoms with Crippen molar-refractivity contribution < 1.29 is 4.84 Å². The van der Waals surface area contributed by atoms with Crippen LogP contribution >= 0.6 is 0 Å². The lowest BCUT2D eigenvalue weighted by molar-refractivity contribution is 0.0532. The Morgan fingerprint density at radius 3 is 2.60 bits per heavy atom. The number of hydrogen-bond donors (Lipinski definition) is 1. The molecule has 1 saturated heterocycles. The van der Waals surface area contributed by atoms with Gasteiger partial charge in [0.1, 0.15) is 0 Å². The topological polar surface area (TPSA) is 37.4 Å². The first kappa shape index (κ1) is 10.4. The summed E-state index contributed by atoms with van der Waals surface area (Å²) in [5, 5.41) is 0. The molecule has 0 unspecified atom stereocenters. The van der Waals surface area contributed by atoms with Crippen LogP contribution in [0.15, 0.2) is 24.5 Å². The molecule has 0 radical (unpaired) electrons. The van der Waals surface area contributed by atoms with E-state index in [-0.39, 0.29) is 0 Å². The molecule has 1 fully saturated rings. The van der Waals surface area contributed by atoms with E-state index < -0.39 is 0 Å². The Morgan fingerprint density at radius 1 is 1.33 bits per heavy atom. The number of rotatable bonds is 3. The monoisotopic (exact) mass is 207 g/mol. The standard InChI is InChI=1S/C11H17N3O/c1-15-13-10-4-8-14(9-5-10)11-2-6-12-7-3-11/h2-3,6-7,10,13H,4-5,8-9H2,1H3. The third-order valence-corrected chi connectivity index (χ3v) is 2.81. The predicted octanol–water partition coefficient (Wildman–Crippen LogP) is 1.20. The van der Waals surface area contributed by atoms with Crippen molar-refractivity contribution in [2.45, 2.75) is 18.9 Å². The van der Waals surface area contributed by atoms with E-state index in [0.29, 0.717) is 6.04 Å². The molecule has 0 spiro atoms. The van der Waals surface area contributed by atoms with Gasteiger partial charge in [0, 0.05) is 37.2 Å². The molecule has 15 heavy (non-hydrogen) atoms. The minimum atomic E-state index is 0.494. The van der Waals surface area contributed by atoms with Gasteiger partial charge in [0.15, 0.2) is 0 Å². The molecule has 4 nitrogen and oxygen atoms in total. The predicted molar refractivity (Wildman–Crippen MR) is 59.6 cm³/mol. The molecule has 0 amide bonds. The van der Waals surface area contributed by atoms with Crippen molar-refractivity contribution >= 4 is 5.69 Å². The van der Waals surface area contributed by atoms with Crippen LogP contribution in [0.2, 0.25) is 0 Å². The molecule has 0 bridgehead atoms. The number of piperidine rings is 1. The molecule has 0 aromatic carbocycles. The summed E-state index contributed by atoms with van der Waals surface area (Å²) in [7, 11) is 1.68. The van der Waals surface area contributed by atoms with Crippen LogP contribution in [-0.4, -0.2) is 31.2 Å². The van der Waals surface area contributed by atoms with E-state index in [1.165, 1.54) is 5.69 Å². The van der Waals surface area contributed by atoms with E-state index in [0.717, 1.165) is 25.9 Å². The summed E-state index contributed by atoms with van der Waals surface area (Å²) in [5.41, 5.74) is 4.28. The third kappa shape index (κ3) is 2.67. The van der Waals surface area contributed by atoms with Gasteiger partial charge in [-0.15, -0.1) is 0 Å². The molecule has 2 rings (SSSR count). The van der Waals surface area contributed by atoms with Crippen molar-refractivity contribution in [3.05, 3.63) is 24.5 Å². The first-order valence-electron chi connectivity index (χ1n) is 5.33. The summed E-state index contributed by atoms with van der Waals surface area (Å²) in [4.78, 5) is 11.4. The van der Waals surface area contributed by atoms with Crippen LogP contribution in [0.4, 0.5) is 5.69 Å². The molecule has 1 aromatic rings. The summed E-state index contributed by atoms with van der Waals surface area (Å²) in [6, 6.07) is 4.61. The minimum Gasteiger partial charge on any atom is -0.371 e. The SMILES string of the molecule is CONC1CCN(c2ccncc2)CC1. The highest BCUT2D eigenvalue weighted by molar-refractivity contribution is 5.44. The number of hydrogen-bond acceptors (Lipinski definition) is 4. The van der Waals surface area contributed by atoms with Gasteiger partial charge in [-0.25, -0.2) is 0 Å². The highest BCUT2D eigenvalue weighted by atomic mass is 16.6. The Bertz CT molecular complexity index is 283. The Labute approximate surface area is 90.2 Å². The molecule has 4 heteroatoms. The van der Waals surface area contributed by atoms with Gasteiger partial charge in [-0.05, 0) is 25.0 Å². The van der Waals surface area contributed by atoms with Gasteiger partial charge in [-0.3, -0.25) is 4.98 Å². The molecule has 1 aliphatic rings. The van der Waals surface area contributed by atoms with Crippen molar-refractivity contribution in [3.63, 3.8) is 0 Å². The van der Waals surface area contributed by atoms with E-state index in [1.54, 1.807) is 7.11 Å². The summed E-state index contributed by atoms with van der Waals surface area (Å²) in [6.45, 7) is 2.15. The summed E-state index contributed by atoms with van der Waals surface area (Å²) >= 11 is 0. The van der Waals surface area contributed by atoms with Crippen LogP contribution < -0.4 is 10.4 Å². The number of pyridine rings is 1. The second-order valence-electron chi connectivity index (χ2n) is 3.79. The molecule has 82 valence electrons. The molecule has 0 atom stereocenters. The lowest BCUT2D eigenvalue weighted by Crippen LogP contribution is -2.42. The van der Waals surface area contributed by atoms with Crippen LogP contribution in [0.1, 0.15) is 12.8 Å². The second-order valence-corrected chi connectivity index (χ2v) is 3.79. The quantitative estimate of drug-likeness (QED) is 0.756. The zero-order valence-electron chi connectivity index (χ0n) is 9.02. The zero-order valence-corrected chi connectivity index (χ0v) is 9.02. The number of aromatic nitrogens is 1. The largest absolute Gasteiger partial charge is 0.371 e. The fourth-order valence-electron chi connectivity index (χ4n) is 1.98. The molecule has 0 aliphatic carbocycles. The Morgan fingerprint density at radius 2 is 2.00 bits per heavy atom. The number of anilines is 1. The second kappa shape index (κ2) is 5.09. The van der Waals surface area contributed by atoms with Crippen LogP contribution in [-0.2, 0) is 4.84 Å². The lowest BCUT2D eigenvalue weighted by Gasteiger charge is -2.33. The van der Waals surface area contributed by atoms with Crippen molar-refractivity contribution in [2.75, 3.05) is 25.1 Å². The van der Waals surface area contributed by atoms with Gasteiger partial charge in [0.25, 0.3) is 0 Å². The van der Waals surface area contributed by atoms with E-state index in [1.807, 2.05) is 12.4 Å². The Balaban J connectivity index is 1.88. The Kier molecular flexibility index (Phi) is 3.53. The Hall–Kier alpha value is -1.13. The highest BCUT2D eigenvalue weighted by Crippen LogP contribution is 2.18. The highest BCUT2D eigenvalue weighted by Gasteiger charge is 2.18. The smallest absolute Gasteiger partial charge is 0.0572 e. The van der Waals surface area contributed by atoms with Gasteiger partial charge >= 0.3 is 0 Å². The fourth-order valence-corrected chi connectivity index (χ4v) is 1.98. The number of hydroxylamine groups is 1. The molecule has 1 N–H and O–H groups in total. The number of nitrogens with zero attached hydrogens (tertiary/aromatic N) is 2. The summed E-state index contributed by atoms with van der Waals surface area (Å²) < 4.78 is 0. The average Bonchev–Trinajstić information content (AvgIpc) is 2.32. The van der Waals surface area contributed by atoms with Crippen LogP contribution in [0.25, 0.3) is 0 Å². The number of nitrogens with one attached hydrogen (secondary N) is 1. The maximum atomic E-state index is 4.94. The third-order valence-electron chi connectivity index (χ3n) is 2.81. The van der Waals surface area contributed by atoms with Crippen molar-refractivity contribution in [3.8, 4) is 0 Å². The first-order valence-corrected chi connectivity index (χ1v) is 5.33. The molecular formula is C11H17N3O. The minimum absolute atomic E-state index is 0.494. The fraction of sp³-hybridized carbons (Fsp3) is 0.545. The van der Waals surface area contributed by atoms with E-state index in [9.17, 15) is 0 Å². The van der Waals surface area contributed by atoms with Gasteiger partial charge in [-0.2, -0.15) is 5.48 Å². The lowest BCUT2D eigenvalue weighted by atomic mass is 10.1. The first-order chi connectivity index (χ1) is 7.40. The van der Waals surface area contributed by atoms with Crippen molar-refractivity contribution in [1.82, 2.24) is 10.5 Å². The van der Waals surface area contributed by atoms with Crippen molar-refractivity contribution in [2.24, 2.45) is 0 Å². The van der Waals surface area contributed by atoms with Gasteiger partial charge in [-0.1, -0.05) is 0 Å². The molecule has 2 heterocycles. The van der Waals surface area contributed by atoms with Gasteiger partial charge < -0.3 is 9.74 Å². The van der Waals surface area contributed by atoms with E-state index in [2.05, 4.69) is 27.5 Å². The van der Waals surface area contributed by atoms with Crippen LogP contribution in [0.3, 0.4) is 0 Å². The van der Waals surface area contributed by atoms with E-state index in [4.69, 9.17) is 4.84 Å². The van der Waals surface area contributed by atoms with Gasteiger partial charge in [0.2, 0.25) is 0 Å². The summed E-state index contributed by atoms with van der Waals surface area (Å²) in [6.07, 6.45) is 5.93. The average molecular weight is 207 g/mol. The normalized spacial score (nSPS) is 18.1. The summed E-state index contributed by atoms with van der Waals surface area (Å²) in [5.74, 6) is 0. The molecule has 1 aliphatic heterocycles. The maximum Gasteiger partial charge on any atom is 0.0572 e. The van der Waals surface area contributed by atoms with Gasteiger partial charge in [0.05, 0.1) is 7.11 Å². The van der Waals surface area contributed by atoms with E-state index >= 15 is 0 Å².